The Bertz CT molecular complexity index is 5600. The number of ether oxygens (including phenoxy) is 1. The Balaban J connectivity index is 0.797. The number of aromatic nitrogens is 2. The zero-order chi connectivity index (χ0) is 62.9. The molecule has 0 saturated carbocycles. The highest BCUT2D eigenvalue weighted by Gasteiger charge is 2.54. The van der Waals surface area contributed by atoms with Gasteiger partial charge in [0.15, 0.2) is 0 Å². The molecule has 5 aliphatic rings. The van der Waals surface area contributed by atoms with Crippen molar-refractivity contribution in [2.45, 2.75) is 37.0 Å². The highest BCUT2D eigenvalue weighted by atomic mass is 16.5. The molecule has 2 aromatic heterocycles. The van der Waals surface area contributed by atoms with E-state index in [-0.39, 0.29) is 5.41 Å². The largest absolute Gasteiger partial charge is 0.503 e. The van der Waals surface area contributed by atoms with E-state index in [1.165, 1.54) is 100.0 Å². The second-order valence-corrected chi connectivity index (χ2v) is 27.0. The molecule has 95 heavy (non-hydrogen) atoms. The number of rotatable bonds is 7. The van der Waals surface area contributed by atoms with Crippen molar-refractivity contribution in [1.82, 2.24) is 18.7 Å². The second kappa shape index (κ2) is 19.8. The molecule has 0 atom stereocenters. The van der Waals surface area contributed by atoms with Gasteiger partial charge in [0, 0.05) is 41.2 Å². The maximum atomic E-state index is 6.99. The van der Waals surface area contributed by atoms with Crippen LogP contribution >= 0.6 is 0 Å². The van der Waals surface area contributed by atoms with E-state index < -0.39 is 10.8 Å². The molecule has 13 aromatic carbocycles. The molecule has 2 spiro atoms. The summed E-state index contributed by atoms with van der Waals surface area (Å²) in [6, 6.07) is 117. The van der Waals surface area contributed by atoms with Crippen molar-refractivity contribution in [2.24, 2.45) is 0 Å². The Morgan fingerprint density at radius 1 is 0.347 bits per heavy atom. The van der Waals surface area contributed by atoms with Gasteiger partial charge < -0.3 is 4.74 Å². The molecule has 20 rings (SSSR count). The molecule has 5 heteroatoms. The second-order valence-electron chi connectivity index (χ2n) is 27.0. The molecule has 0 saturated heterocycles. The van der Waals surface area contributed by atoms with Crippen molar-refractivity contribution >= 4 is 50.6 Å². The van der Waals surface area contributed by atoms with E-state index in [2.05, 4.69) is 338 Å². The molecule has 0 amide bonds. The maximum absolute atomic E-state index is 6.99. The highest BCUT2D eigenvalue weighted by Crippen LogP contribution is 2.65. The van der Waals surface area contributed by atoms with Crippen LogP contribution in [0.4, 0.5) is 22.7 Å². The zero-order valence-corrected chi connectivity index (χ0v) is 52.6. The third kappa shape index (κ3) is 7.36. The van der Waals surface area contributed by atoms with Crippen molar-refractivity contribution in [1.29, 1.82) is 0 Å². The summed E-state index contributed by atoms with van der Waals surface area (Å²) in [5.41, 5.74) is 31.4. The predicted molar refractivity (Wildman–Crippen MR) is 388 cm³/mol. The van der Waals surface area contributed by atoms with Gasteiger partial charge in [0.1, 0.15) is 17.3 Å². The molecule has 0 unspecified atom stereocenters. The number of benzene rings is 13. The van der Waals surface area contributed by atoms with Gasteiger partial charge in [-0.2, -0.15) is 0 Å². The summed E-state index contributed by atoms with van der Waals surface area (Å²) in [5.74, 6) is 2.32. The molecule has 3 heterocycles. The first-order chi connectivity index (χ1) is 46.7. The first-order valence-electron chi connectivity index (χ1n) is 33.0. The van der Waals surface area contributed by atoms with E-state index in [1.54, 1.807) is 0 Å². The van der Waals surface area contributed by atoms with E-state index >= 15 is 0 Å². The number of hydrogen-bond acceptors (Lipinski definition) is 2. The molecule has 1 aliphatic heterocycles. The minimum absolute atomic E-state index is 0.0456. The Morgan fingerprint density at radius 3 is 1.31 bits per heavy atom. The Labute approximate surface area is 551 Å². The monoisotopic (exact) mass is 1210 g/mol. The number of fused-ring (bicyclic) bond motifs is 24. The van der Waals surface area contributed by atoms with E-state index in [9.17, 15) is 0 Å². The van der Waals surface area contributed by atoms with Crippen molar-refractivity contribution < 1.29 is 4.74 Å². The molecule has 5 nitrogen and oxygen atoms in total. The fourth-order valence-electron chi connectivity index (χ4n) is 17.3. The summed E-state index contributed by atoms with van der Waals surface area (Å²) in [6.45, 7) is 6.74. The minimum Gasteiger partial charge on any atom is -0.457 e. The van der Waals surface area contributed by atoms with Gasteiger partial charge >= 0.3 is 6.01 Å². The predicted octanol–water partition coefficient (Wildman–Crippen LogP) is 22.1. The summed E-state index contributed by atoms with van der Waals surface area (Å²) in [7, 11) is 0. The van der Waals surface area contributed by atoms with E-state index in [1.807, 2.05) is 12.3 Å². The van der Waals surface area contributed by atoms with Gasteiger partial charge in [-0.25, -0.2) is 4.98 Å². The van der Waals surface area contributed by atoms with Crippen LogP contribution in [0.3, 0.4) is 0 Å². The van der Waals surface area contributed by atoms with Crippen LogP contribution < -0.4 is 13.9 Å². The Hall–Kier alpha value is -12.0. The molecule has 0 N–H and O–H groups in total. The summed E-state index contributed by atoms with van der Waals surface area (Å²) in [6.07, 6.45) is 1.93. The molecule has 444 valence electrons. The SMILES string of the molecule is CC(C)(C)c1ccnc(-n2c3ccccc3c3ccc(Oc4cccc([N+]5=C=[N+](c6c(-c7ccc8c(c7)C7(c9ccccc9-c9ccccc97)c7ccccc7-8)cccc6-c6ccc7c(c6)C6(c8ccccc8-c8ccccc86)c6ccccc6-7)c6ccccc65)c4)cc32)c1. The van der Waals surface area contributed by atoms with E-state index in [0.717, 1.165) is 73.0 Å². The lowest BCUT2D eigenvalue weighted by Crippen LogP contribution is -2.25. The van der Waals surface area contributed by atoms with E-state index in [4.69, 9.17) is 9.72 Å². The van der Waals surface area contributed by atoms with E-state index in [0.29, 0.717) is 5.75 Å². The molecular formula is C90H60N4O+2. The van der Waals surface area contributed by atoms with Gasteiger partial charge in [0.2, 0.25) is 11.4 Å². The van der Waals surface area contributed by atoms with Gasteiger partial charge in [-0.05, 0) is 181 Å². The lowest BCUT2D eigenvalue weighted by molar-refractivity contribution is 0.483. The molecule has 0 bridgehead atoms. The standard InChI is InChI=1S/C90H60N4O/c1-88(2,3)58-48-49-91-86(52-58)94-82-39-17-10-30-72(82)73-47-44-61(54-85(73)94)95-60-23-20-22-59(53-60)92-55-93(84-41-19-18-40-83(84)92)87-62(56-42-45-70-68-28-8-15-37-78(68)89(80(70)50-56)74-33-11-4-24-64(74)65-25-5-12-34-75(65)89)31-21-32-63(87)57-43-46-71-69-29-9-16-38-79(69)90(81(71)51-57)76-35-13-6-26-66(76)67-27-7-14-36-77(67)90/h4-54H,1-3H3/q+2. The fourth-order valence-corrected chi connectivity index (χ4v) is 17.3. The summed E-state index contributed by atoms with van der Waals surface area (Å²) in [4.78, 5) is 4.97. The lowest BCUT2D eigenvalue weighted by Gasteiger charge is -2.31. The summed E-state index contributed by atoms with van der Waals surface area (Å²) < 4.78 is 13.8. The van der Waals surface area contributed by atoms with Crippen LogP contribution in [-0.2, 0) is 16.2 Å². The third-order valence-electron chi connectivity index (χ3n) is 21.2. The number of nitrogens with zero attached hydrogens (tertiary/aromatic N) is 4. The molecule has 15 aromatic rings. The molecule has 0 fully saturated rings. The van der Waals surface area contributed by atoms with Crippen LogP contribution in [-0.4, -0.2) is 15.6 Å². The maximum Gasteiger partial charge on any atom is 0.503 e. The van der Waals surface area contributed by atoms with Crippen LogP contribution in [0.5, 0.6) is 11.5 Å². The quantitative estimate of drug-likeness (QED) is 0.149. The normalized spacial score (nSPS) is 14.2. The minimum atomic E-state index is -0.522. The number of pyridine rings is 1. The molecule has 0 radical (unpaired) electrons. The third-order valence-corrected chi connectivity index (χ3v) is 21.2. The summed E-state index contributed by atoms with van der Waals surface area (Å²) >= 11 is 0. The van der Waals surface area contributed by atoms with Crippen LogP contribution in [0, 0.1) is 0 Å². The van der Waals surface area contributed by atoms with Crippen LogP contribution in [0.1, 0.15) is 70.8 Å². The van der Waals surface area contributed by atoms with Crippen LogP contribution in [0.2, 0.25) is 0 Å². The highest BCUT2D eigenvalue weighted by molar-refractivity contribution is 6.10. The van der Waals surface area contributed by atoms with Gasteiger partial charge in [-0.3, -0.25) is 4.57 Å². The van der Waals surface area contributed by atoms with Gasteiger partial charge in [0.05, 0.1) is 39.1 Å². The van der Waals surface area contributed by atoms with Crippen LogP contribution in [0.15, 0.2) is 310 Å². The average molecular weight is 1210 g/mol. The summed E-state index contributed by atoms with van der Waals surface area (Å²) in [5, 5.41) is 2.30. The Morgan fingerprint density at radius 2 is 0.779 bits per heavy atom. The van der Waals surface area contributed by atoms with Gasteiger partial charge in [0.25, 0.3) is 11.4 Å². The first-order valence-corrected chi connectivity index (χ1v) is 33.0. The smallest absolute Gasteiger partial charge is 0.457 e. The van der Waals surface area contributed by atoms with Gasteiger partial charge in [-0.15, -0.1) is 0 Å². The van der Waals surface area contributed by atoms with Crippen molar-refractivity contribution in [3.8, 4) is 84.1 Å². The zero-order valence-electron chi connectivity index (χ0n) is 52.6. The lowest BCUT2D eigenvalue weighted by atomic mass is 9.70. The molecular weight excluding hydrogens is 1150 g/mol. The molecule has 4 aliphatic carbocycles. The Kier molecular flexibility index (Phi) is 11.2. The van der Waals surface area contributed by atoms with Crippen LogP contribution in [0.25, 0.3) is 94.4 Å². The topological polar surface area (TPSA) is 33.1 Å². The van der Waals surface area contributed by atoms with Crippen molar-refractivity contribution in [3.05, 3.63) is 360 Å². The average Bonchev–Trinajstić information content (AvgIpc) is 1.53. The van der Waals surface area contributed by atoms with Crippen molar-refractivity contribution in [2.75, 3.05) is 0 Å². The number of hydrogen-bond donors (Lipinski definition) is 0. The number of para-hydroxylation sites is 4. The van der Waals surface area contributed by atoms with Gasteiger partial charge in [-0.1, -0.05) is 233 Å². The first kappa shape index (κ1) is 53.6. The fraction of sp³-hybridized carbons (Fsp3) is 0.0667. The van der Waals surface area contributed by atoms with Crippen molar-refractivity contribution in [3.63, 3.8) is 0 Å².